The van der Waals surface area contributed by atoms with Crippen LogP contribution in [0.3, 0.4) is 0 Å². The van der Waals surface area contributed by atoms with Gasteiger partial charge in [-0.05, 0) is 29.7 Å². The number of ether oxygens (including phenoxy) is 1. The van der Waals surface area contributed by atoms with Crippen LogP contribution in [0.25, 0.3) is 0 Å². The van der Waals surface area contributed by atoms with E-state index in [2.05, 4.69) is 0 Å². The quantitative estimate of drug-likeness (QED) is 0.782. The van der Waals surface area contributed by atoms with Crippen molar-refractivity contribution >= 4 is 10.3 Å². The molecule has 0 spiro atoms. The molecule has 88 valence electrons. The average molecular weight is 243 g/mol. The summed E-state index contributed by atoms with van der Waals surface area (Å²) >= 11 is 0. The van der Waals surface area contributed by atoms with Gasteiger partial charge < -0.3 is 4.74 Å². The lowest BCUT2D eigenvalue weighted by atomic mass is 10.0. The van der Waals surface area contributed by atoms with Gasteiger partial charge in [0.1, 0.15) is 5.75 Å². The van der Waals surface area contributed by atoms with Crippen molar-refractivity contribution < 1.29 is 17.7 Å². The Hall–Kier alpha value is -1.11. The Morgan fingerprint density at radius 2 is 2.12 bits per heavy atom. The Kier molecular flexibility index (Phi) is 2.88. The summed E-state index contributed by atoms with van der Waals surface area (Å²) in [6.07, 6.45) is 0.610. The highest BCUT2D eigenvalue weighted by molar-refractivity contribution is 7.83. The topological polar surface area (TPSA) is 66.8 Å². The van der Waals surface area contributed by atoms with Crippen molar-refractivity contribution in [1.82, 2.24) is 4.31 Å². The summed E-state index contributed by atoms with van der Waals surface area (Å²) in [4.78, 5) is 0. The van der Waals surface area contributed by atoms with Crippen LogP contribution in [0.4, 0.5) is 0 Å². The van der Waals surface area contributed by atoms with E-state index in [-0.39, 0.29) is 6.54 Å². The van der Waals surface area contributed by atoms with Crippen molar-refractivity contribution in [2.75, 3.05) is 13.7 Å². The van der Waals surface area contributed by atoms with Gasteiger partial charge in [-0.3, -0.25) is 4.55 Å². The second-order valence-corrected chi connectivity index (χ2v) is 5.11. The number of methoxy groups -OCH3 is 1. The monoisotopic (exact) mass is 243 g/mol. The van der Waals surface area contributed by atoms with Gasteiger partial charge >= 0.3 is 10.3 Å². The third kappa shape index (κ3) is 2.18. The summed E-state index contributed by atoms with van der Waals surface area (Å²) in [6, 6.07) is 5.57. The van der Waals surface area contributed by atoms with Crippen LogP contribution in [0.2, 0.25) is 0 Å². The molecule has 5 nitrogen and oxygen atoms in total. The van der Waals surface area contributed by atoms with Crippen LogP contribution in [-0.4, -0.2) is 30.9 Å². The van der Waals surface area contributed by atoms with Crippen LogP contribution in [0.15, 0.2) is 18.2 Å². The van der Waals surface area contributed by atoms with Crippen LogP contribution >= 0.6 is 0 Å². The van der Waals surface area contributed by atoms with Crippen molar-refractivity contribution in [1.29, 1.82) is 0 Å². The minimum atomic E-state index is -4.10. The minimum absolute atomic E-state index is 0.200. The van der Waals surface area contributed by atoms with E-state index in [9.17, 15) is 8.42 Å². The minimum Gasteiger partial charge on any atom is -0.497 e. The molecule has 0 bridgehead atoms. The zero-order chi connectivity index (χ0) is 11.8. The lowest BCUT2D eigenvalue weighted by Gasteiger charge is -2.25. The van der Waals surface area contributed by atoms with E-state index in [1.54, 1.807) is 13.2 Å². The maximum absolute atomic E-state index is 11.0. The lowest BCUT2D eigenvalue weighted by Crippen LogP contribution is -2.35. The Morgan fingerprint density at radius 1 is 1.38 bits per heavy atom. The van der Waals surface area contributed by atoms with E-state index in [1.807, 2.05) is 12.1 Å². The third-order valence-electron chi connectivity index (χ3n) is 2.72. The molecule has 0 aromatic heterocycles. The molecule has 0 saturated heterocycles. The smallest absolute Gasteiger partial charge is 0.336 e. The molecule has 1 aliphatic heterocycles. The van der Waals surface area contributed by atoms with E-state index in [0.717, 1.165) is 15.4 Å². The molecule has 1 aromatic rings. The zero-order valence-electron chi connectivity index (χ0n) is 8.88. The summed E-state index contributed by atoms with van der Waals surface area (Å²) in [5, 5.41) is 0. The molecule has 0 radical (unpaired) electrons. The Balaban J connectivity index is 2.32. The highest BCUT2D eigenvalue weighted by Crippen LogP contribution is 2.24. The maximum Gasteiger partial charge on any atom is 0.336 e. The molecule has 1 heterocycles. The van der Waals surface area contributed by atoms with Crippen molar-refractivity contribution in [2.24, 2.45) is 0 Å². The largest absolute Gasteiger partial charge is 0.497 e. The third-order valence-corrected chi connectivity index (χ3v) is 3.68. The fourth-order valence-electron chi connectivity index (χ4n) is 1.83. The van der Waals surface area contributed by atoms with Crippen LogP contribution in [0.5, 0.6) is 5.75 Å². The highest BCUT2D eigenvalue weighted by atomic mass is 32.2. The number of hydrogen-bond acceptors (Lipinski definition) is 3. The standard InChI is InChI=1S/C10H13NO4S/c1-15-10-3-2-8-4-5-11(16(12,13)14)7-9(8)6-10/h2-3,6H,4-5,7H2,1H3,(H,12,13,14). The van der Waals surface area contributed by atoms with E-state index >= 15 is 0 Å². The number of fused-ring (bicyclic) bond motifs is 1. The van der Waals surface area contributed by atoms with E-state index < -0.39 is 10.3 Å². The van der Waals surface area contributed by atoms with Gasteiger partial charge in [-0.1, -0.05) is 6.07 Å². The highest BCUT2D eigenvalue weighted by Gasteiger charge is 2.24. The molecule has 0 atom stereocenters. The van der Waals surface area contributed by atoms with Crippen molar-refractivity contribution in [3.05, 3.63) is 29.3 Å². The Morgan fingerprint density at radius 3 is 2.75 bits per heavy atom. The van der Waals surface area contributed by atoms with Gasteiger partial charge in [0.2, 0.25) is 0 Å². The van der Waals surface area contributed by atoms with Gasteiger partial charge in [0, 0.05) is 13.1 Å². The first-order chi connectivity index (χ1) is 7.50. The molecule has 2 rings (SSSR count). The first kappa shape index (κ1) is 11.4. The maximum atomic E-state index is 11.0. The summed E-state index contributed by atoms with van der Waals surface area (Å²) < 4.78 is 37.1. The molecule has 1 N–H and O–H groups in total. The molecule has 0 fully saturated rings. The number of rotatable bonds is 2. The lowest BCUT2D eigenvalue weighted by molar-refractivity contribution is 0.335. The normalized spacial score (nSPS) is 16.9. The van der Waals surface area contributed by atoms with E-state index in [0.29, 0.717) is 18.7 Å². The fourth-order valence-corrected chi connectivity index (χ4v) is 2.46. The second-order valence-electron chi connectivity index (χ2n) is 3.70. The van der Waals surface area contributed by atoms with Crippen LogP contribution in [-0.2, 0) is 23.3 Å². The van der Waals surface area contributed by atoms with Gasteiger partial charge in [-0.15, -0.1) is 0 Å². The van der Waals surface area contributed by atoms with Crippen molar-refractivity contribution in [3.63, 3.8) is 0 Å². The van der Waals surface area contributed by atoms with Crippen molar-refractivity contribution in [2.45, 2.75) is 13.0 Å². The van der Waals surface area contributed by atoms with Crippen LogP contribution < -0.4 is 4.74 Å². The molecule has 0 saturated carbocycles. The summed E-state index contributed by atoms with van der Waals surface area (Å²) in [7, 11) is -2.54. The number of benzene rings is 1. The van der Waals surface area contributed by atoms with Gasteiger partial charge in [0.25, 0.3) is 0 Å². The summed E-state index contributed by atoms with van der Waals surface area (Å²) in [5.74, 6) is 0.691. The Labute approximate surface area is 94.5 Å². The van der Waals surface area contributed by atoms with Gasteiger partial charge in [-0.25, -0.2) is 0 Å². The average Bonchev–Trinajstić information content (AvgIpc) is 2.26. The van der Waals surface area contributed by atoms with Gasteiger partial charge in [-0.2, -0.15) is 12.7 Å². The molecule has 0 unspecified atom stereocenters. The fraction of sp³-hybridized carbons (Fsp3) is 0.400. The van der Waals surface area contributed by atoms with E-state index in [1.165, 1.54) is 0 Å². The first-order valence-corrected chi connectivity index (χ1v) is 6.29. The van der Waals surface area contributed by atoms with E-state index in [4.69, 9.17) is 9.29 Å². The molecule has 16 heavy (non-hydrogen) atoms. The number of hydrogen-bond donors (Lipinski definition) is 1. The van der Waals surface area contributed by atoms with Gasteiger partial charge in [0.05, 0.1) is 7.11 Å². The van der Waals surface area contributed by atoms with Crippen LogP contribution in [0, 0.1) is 0 Å². The van der Waals surface area contributed by atoms with Crippen LogP contribution in [0.1, 0.15) is 11.1 Å². The van der Waals surface area contributed by atoms with Crippen molar-refractivity contribution in [3.8, 4) is 5.75 Å². The molecular weight excluding hydrogens is 230 g/mol. The molecular formula is C10H13NO4S. The Bertz CT molecular complexity index is 498. The molecule has 0 aliphatic carbocycles. The zero-order valence-corrected chi connectivity index (χ0v) is 9.70. The summed E-state index contributed by atoms with van der Waals surface area (Å²) in [5.41, 5.74) is 1.98. The predicted molar refractivity (Wildman–Crippen MR) is 58.7 cm³/mol. The molecule has 6 heteroatoms. The number of nitrogens with zero attached hydrogens (tertiary/aromatic N) is 1. The second kappa shape index (κ2) is 4.04. The molecule has 0 amide bonds. The molecule has 1 aromatic carbocycles. The predicted octanol–water partition coefficient (Wildman–Crippen LogP) is 0.856. The SMILES string of the molecule is COc1ccc2c(c1)CN(S(=O)(=O)O)CC2. The van der Waals surface area contributed by atoms with Gasteiger partial charge in [0.15, 0.2) is 0 Å². The molecule has 1 aliphatic rings. The summed E-state index contributed by atoms with van der Waals surface area (Å²) in [6.45, 7) is 0.517. The first-order valence-electron chi connectivity index (χ1n) is 4.89.